The maximum Gasteiger partial charge on any atom is 0.294 e. The number of ether oxygens (including phenoxy) is 1. The molecule has 1 heterocycles. The number of hydrogen-bond acceptors (Lipinski definition) is 4. The summed E-state index contributed by atoms with van der Waals surface area (Å²) in [7, 11) is 0. The van der Waals surface area contributed by atoms with Crippen molar-refractivity contribution < 1.29 is 14.3 Å². The van der Waals surface area contributed by atoms with Crippen molar-refractivity contribution in [3.05, 3.63) is 65.4 Å². The molecule has 0 atom stereocenters. The van der Waals surface area contributed by atoms with Crippen LogP contribution in [0.4, 0.5) is 4.79 Å². The van der Waals surface area contributed by atoms with Gasteiger partial charge in [0.25, 0.3) is 11.1 Å². The number of imide groups is 1. The minimum absolute atomic E-state index is 0.0448. The summed E-state index contributed by atoms with van der Waals surface area (Å²) in [5.41, 5.74) is 1.58. The topological polar surface area (TPSA) is 46.6 Å². The molecule has 9 heteroatoms. The molecule has 2 aromatic rings. The van der Waals surface area contributed by atoms with Crippen LogP contribution < -0.4 is 4.74 Å². The van der Waals surface area contributed by atoms with Gasteiger partial charge in [0.2, 0.25) is 0 Å². The quantitative estimate of drug-likeness (QED) is 0.292. The lowest BCUT2D eigenvalue weighted by atomic mass is 10.2. The third kappa shape index (κ3) is 5.19. The zero-order valence-corrected chi connectivity index (χ0v) is 20.0. The molecular formula is C20H11Br2Cl2NO3S. The Morgan fingerprint density at radius 3 is 2.45 bits per heavy atom. The zero-order valence-electron chi connectivity index (χ0n) is 14.5. The van der Waals surface area contributed by atoms with Gasteiger partial charge in [-0.3, -0.25) is 14.5 Å². The molecule has 0 bridgehead atoms. The van der Waals surface area contributed by atoms with Crippen LogP contribution in [0.2, 0.25) is 10.0 Å². The Morgan fingerprint density at radius 1 is 1.14 bits per heavy atom. The standard InChI is InChI=1S/C20H11Br2Cl2NO3S/c1-2-5-25-19(26)17(29-20(25)27)9-12-6-13(21)18(14(22)7-12)28-10-11-3-4-15(23)16(24)8-11/h1,3-4,6-9H,5,10H2/b17-9+. The van der Waals surface area contributed by atoms with Gasteiger partial charge in [0, 0.05) is 0 Å². The van der Waals surface area contributed by atoms with E-state index in [1.54, 1.807) is 30.3 Å². The molecule has 0 unspecified atom stereocenters. The minimum atomic E-state index is -0.398. The van der Waals surface area contributed by atoms with Gasteiger partial charge >= 0.3 is 0 Å². The average Bonchev–Trinajstić information content (AvgIpc) is 2.91. The van der Waals surface area contributed by atoms with E-state index in [-0.39, 0.29) is 11.8 Å². The number of rotatable bonds is 5. The number of carbonyl (C=O) groups excluding carboxylic acids is 2. The molecule has 4 nitrogen and oxygen atoms in total. The Balaban J connectivity index is 1.79. The van der Waals surface area contributed by atoms with Crippen LogP contribution in [0.1, 0.15) is 11.1 Å². The van der Waals surface area contributed by atoms with E-state index in [0.29, 0.717) is 36.3 Å². The molecule has 1 saturated heterocycles. The van der Waals surface area contributed by atoms with E-state index >= 15 is 0 Å². The maximum absolute atomic E-state index is 12.3. The smallest absolute Gasteiger partial charge is 0.294 e. The first-order valence-electron chi connectivity index (χ1n) is 8.04. The monoisotopic (exact) mass is 573 g/mol. The largest absolute Gasteiger partial charge is 0.487 e. The van der Waals surface area contributed by atoms with Gasteiger partial charge in [0.05, 0.1) is 30.4 Å². The molecule has 0 spiro atoms. The van der Waals surface area contributed by atoms with Gasteiger partial charge in [-0.05, 0) is 85.1 Å². The van der Waals surface area contributed by atoms with Crippen molar-refractivity contribution in [2.75, 3.05) is 6.54 Å². The third-order valence-corrected chi connectivity index (χ3v) is 6.63. The first-order valence-corrected chi connectivity index (χ1v) is 11.2. The minimum Gasteiger partial charge on any atom is -0.487 e. The summed E-state index contributed by atoms with van der Waals surface area (Å²) >= 11 is 19.8. The average molecular weight is 576 g/mol. The van der Waals surface area contributed by atoms with Crippen LogP contribution >= 0.6 is 66.8 Å². The number of carbonyl (C=O) groups is 2. The van der Waals surface area contributed by atoms with Crippen LogP contribution in [0.3, 0.4) is 0 Å². The van der Waals surface area contributed by atoms with Crippen molar-refractivity contribution in [3.63, 3.8) is 0 Å². The molecule has 1 aliphatic rings. The highest BCUT2D eigenvalue weighted by Crippen LogP contribution is 2.38. The molecule has 0 saturated carbocycles. The number of amides is 2. The van der Waals surface area contributed by atoms with E-state index in [9.17, 15) is 9.59 Å². The van der Waals surface area contributed by atoms with Gasteiger partial charge in [-0.2, -0.15) is 0 Å². The predicted octanol–water partition coefficient (Wildman–Crippen LogP) is 6.77. The highest BCUT2D eigenvalue weighted by atomic mass is 79.9. The van der Waals surface area contributed by atoms with Crippen LogP contribution in [0.5, 0.6) is 5.75 Å². The molecule has 1 aliphatic heterocycles. The van der Waals surface area contributed by atoms with E-state index < -0.39 is 5.91 Å². The molecule has 0 aliphatic carbocycles. The van der Waals surface area contributed by atoms with Crippen molar-refractivity contribution >= 4 is 84.0 Å². The highest BCUT2D eigenvalue weighted by Gasteiger charge is 2.34. The second kappa shape index (κ2) is 9.59. The second-order valence-electron chi connectivity index (χ2n) is 5.82. The Bertz CT molecular complexity index is 1060. The van der Waals surface area contributed by atoms with Gasteiger partial charge in [-0.15, -0.1) is 6.42 Å². The second-order valence-corrected chi connectivity index (χ2v) is 9.34. The Hall–Kier alpha value is -1.43. The van der Waals surface area contributed by atoms with Crippen LogP contribution in [0.25, 0.3) is 6.08 Å². The maximum atomic E-state index is 12.3. The van der Waals surface area contributed by atoms with Crippen molar-refractivity contribution in [1.82, 2.24) is 4.90 Å². The molecule has 1 fully saturated rings. The van der Waals surface area contributed by atoms with Gasteiger partial charge < -0.3 is 4.74 Å². The van der Waals surface area contributed by atoms with Crippen LogP contribution in [-0.2, 0) is 11.4 Å². The lowest BCUT2D eigenvalue weighted by molar-refractivity contribution is -0.122. The van der Waals surface area contributed by atoms with Gasteiger partial charge in [0.15, 0.2) is 0 Å². The van der Waals surface area contributed by atoms with E-state index in [1.807, 2.05) is 6.07 Å². The predicted molar refractivity (Wildman–Crippen MR) is 124 cm³/mol. The van der Waals surface area contributed by atoms with Crippen LogP contribution in [0, 0.1) is 12.3 Å². The van der Waals surface area contributed by atoms with E-state index in [2.05, 4.69) is 37.8 Å². The molecule has 2 aromatic carbocycles. The van der Waals surface area contributed by atoms with Crippen molar-refractivity contribution in [2.24, 2.45) is 0 Å². The number of thioether (sulfide) groups is 1. The summed E-state index contributed by atoms with van der Waals surface area (Å²) in [4.78, 5) is 25.6. The van der Waals surface area contributed by atoms with Crippen molar-refractivity contribution in [1.29, 1.82) is 0 Å². The molecule has 148 valence electrons. The first kappa shape index (κ1) is 22.3. The number of nitrogens with zero attached hydrogens (tertiary/aromatic N) is 1. The third-order valence-electron chi connectivity index (χ3n) is 3.81. The first-order chi connectivity index (χ1) is 13.8. The molecule has 0 radical (unpaired) electrons. The lowest BCUT2D eigenvalue weighted by Crippen LogP contribution is -2.28. The van der Waals surface area contributed by atoms with Crippen molar-refractivity contribution in [3.8, 4) is 18.1 Å². The summed E-state index contributed by atoms with van der Waals surface area (Å²) in [5, 5.41) is 0.563. The van der Waals surface area contributed by atoms with Crippen LogP contribution in [-0.4, -0.2) is 22.6 Å². The Morgan fingerprint density at radius 2 is 1.83 bits per heavy atom. The SMILES string of the molecule is C#CCN1C(=O)S/C(=C/c2cc(Br)c(OCc3ccc(Cl)c(Cl)c3)c(Br)c2)C1=O. The lowest BCUT2D eigenvalue weighted by Gasteiger charge is -2.12. The fourth-order valence-corrected chi connectivity index (χ4v) is 5.07. The van der Waals surface area contributed by atoms with Crippen LogP contribution in [0.15, 0.2) is 44.2 Å². The summed E-state index contributed by atoms with van der Waals surface area (Å²) in [6.07, 6.45) is 6.85. The number of halogens is 4. The zero-order chi connectivity index (χ0) is 21.1. The normalized spacial score (nSPS) is 15.1. The molecule has 0 aromatic heterocycles. The fraction of sp³-hybridized carbons (Fsp3) is 0.100. The summed E-state index contributed by atoms with van der Waals surface area (Å²) in [6.45, 7) is 0.245. The Labute approximate surface area is 198 Å². The van der Waals surface area contributed by atoms with Crippen molar-refractivity contribution in [2.45, 2.75) is 6.61 Å². The molecule has 29 heavy (non-hydrogen) atoms. The highest BCUT2D eigenvalue weighted by molar-refractivity contribution is 9.11. The Kier molecular flexibility index (Phi) is 7.36. The summed E-state index contributed by atoms with van der Waals surface area (Å²) in [6, 6.07) is 8.88. The summed E-state index contributed by atoms with van der Waals surface area (Å²) < 4.78 is 7.25. The number of terminal acetylenes is 1. The fourth-order valence-electron chi connectivity index (χ4n) is 2.46. The molecule has 0 N–H and O–H groups in total. The van der Waals surface area contributed by atoms with E-state index in [0.717, 1.165) is 27.8 Å². The number of benzene rings is 2. The van der Waals surface area contributed by atoms with Gasteiger partial charge in [-0.25, -0.2) is 0 Å². The number of hydrogen-bond donors (Lipinski definition) is 0. The molecule has 3 rings (SSSR count). The molecular weight excluding hydrogens is 565 g/mol. The van der Waals surface area contributed by atoms with E-state index in [4.69, 9.17) is 34.4 Å². The molecule has 2 amide bonds. The van der Waals surface area contributed by atoms with E-state index in [1.165, 1.54) is 0 Å². The van der Waals surface area contributed by atoms with Gasteiger partial charge in [-0.1, -0.05) is 35.2 Å². The van der Waals surface area contributed by atoms with Gasteiger partial charge in [0.1, 0.15) is 12.4 Å². The summed E-state index contributed by atoms with van der Waals surface area (Å²) in [5.74, 6) is 2.50.